The first-order valence-electron chi connectivity index (χ1n) is 10.5. The van der Waals surface area contributed by atoms with Crippen molar-refractivity contribution < 1.29 is 0 Å². The van der Waals surface area contributed by atoms with E-state index in [1.54, 1.807) is 0 Å². The van der Waals surface area contributed by atoms with E-state index in [1.165, 1.54) is 54.2 Å². The maximum absolute atomic E-state index is 2.37. The summed E-state index contributed by atoms with van der Waals surface area (Å²) < 4.78 is 0. The van der Waals surface area contributed by atoms with Crippen LogP contribution in [0.15, 0.2) is 72.8 Å². The molecule has 0 saturated carbocycles. The topological polar surface area (TPSA) is 0 Å². The van der Waals surface area contributed by atoms with Gasteiger partial charge in [0, 0.05) is 0 Å². The molecule has 5 aromatic rings. The summed E-state index contributed by atoms with van der Waals surface area (Å²) in [6.07, 6.45) is 0. The third kappa shape index (κ3) is 3.24. The Hall–Kier alpha value is -2.86. The summed E-state index contributed by atoms with van der Waals surface area (Å²) >= 11 is 0. The SMILES string of the molecule is CC.CC.Cc1c2ccccc2cc2c(C)c3cc4ccccc4cc3cc12. The van der Waals surface area contributed by atoms with E-state index >= 15 is 0 Å². The van der Waals surface area contributed by atoms with Gasteiger partial charge in [-0.15, -0.1) is 0 Å². The van der Waals surface area contributed by atoms with Crippen LogP contribution in [0, 0.1) is 13.8 Å². The summed E-state index contributed by atoms with van der Waals surface area (Å²) in [4.78, 5) is 0. The highest BCUT2D eigenvalue weighted by atomic mass is 14.1. The van der Waals surface area contributed by atoms with Crippen molar-refractivity contribution >= 4 is 43.1 Å². The molecule has 0 atom stereocenters. The first-order chi connectivity index (χ1) is 13.7. The largest absolute Gasteiger partial charge is 0.0683 e. The number of rotatable bonds is 0. The van der Waals surface area contributed by atoms with Crippen LogP contribution in [-0.4, -0.2) is 0 Å². The van der Waals surface area contributed by atoms with Gasteiger partial charge < -0.3 is 0 Å². The maximum atomic E-state index is 2.37. The van der Waals surface area contributed by atoms with Crippen LogP contribution < -0.4 is 0 Å². The van der Waals surface area contributed by atoms with Gasteiger partial charge in [-0.2, -0.15) is 0 Å². The molecule has 0 aromatic heterocycles. The zero-order valence-corrected chi connectivity index (χ0v) is 17.9. The molecule has 0 heterocycles. The van der Waals surface area contributed by atoms with Crippen LogP contribution in [0.4, 0.5) is 0 Å². The minimum Gasteiger partial charge on any atom is -0.0683 e. The van der Waals surface area contributed by atoms with Crippen molar-refractivity contribution in [3.8, 4) is 0 Å². The summed E-state index contributed by atoms with van der Waals surface area (Å²) in [6, 6.07) is 26.7. The fourth-order valence-corrected chi connectivity index (χ4v) is 4.04. The minimum absolute atomic E-state index is 1.31. The molecule has 28 heavy (non-hydrogen) atoms. The molecule has 0 fully saturated rings. The molecule has 0 amide bonds. The predicted molar refractivity (Wildman–Crippen MR) is 129 cm³/mol. The highest BCUT2D eigenvalue weighted by Crippen LogP contribution is 2.35. The summed E-state index contributed by atoms with van der Waals surface area (Å²) in [7, 11) is 0. The highest BCUT2D eigenvalue weighted by Gasteiger charge is 2.10. The second-order valence-corrected chi connectivity index (χ2v) is 6.74. The third-order valence-electron chi connectivity index (χ3n) is 5.38. The Morgan fingerprint density at radius 3 is 1.46 bits per heavy atom. The average Bonchev–Trinajstić information content (AvgIpc) is 2.77. The van der Waals surface area contributed by atoms with Gasteiger partial charge in [0.15, 0.2) is 0 Å². The standard InChI is InChI=1S/C24H18.2C2H6/c1-15-21-10-6-5-9-19(21)13-23-16(2)22-12-18-8-4-3-7-17(18)11-20(22)14-24(15)23;2*1-2/h3-14H,1-2H3;2*1-2H3. The molecular weight excluding hydrogens is 336 g/mol. The van der Waals surface area contributed by atoms with Crippen LogP contribution >= 0.6 is 0 Å². The molecule has 0 heteroatoms. The lowest BCUT2D eigenvalue weighted by atomic mass is 9.90. The van der Waals surface area contributed by atoms with Crippen molar-refractivity contribution in [1.82, 2.24) is 0 Å². The first kappa shape index (κ1) is 19.9. The molecule has 0 aliphatic heterocycles. The fourth-order valence-electron chi connectivity index (χ4n) is 4.04. The molecule has 0 saturated heterocycles. The summed E-state index contributed by atoms with van der Waals surface area (Å²) in [5, 5.41) is 10.7. The van der Waals surface area contributed by atoms with Crippen molar-refractivity contribution in [3.63, 3.8) is 0 Å². The Morgan fingerprint density at radius 1 is 0.393 bits per heavy atom. The summed E-state index contributed by atoms with van der Waals surface area (Å²) in [5.41, 5.74) is 2.75. The monoisotopic (exact) mass is 366 g/mol. The quantitative estimate of drug-likeness (QED) is 0.240. The van der Waals surface area contributed by atoms with Gasteiger partial charge in [-0.25, -0.2) is 0 Å². The minimum atomic E-state index is 1.31. The van der Waals surface area contributed by atoms with Gasteiger partial charge in [-0.05, 0) is 92.3 Å². The fraction of sp³-hybridized carbons (Fsp3) is 0.214. The van der Waals surface area contributed by atoms with E-state index in [4.69, 9.17) is 0 Å². The number of hydrogen-bond acceptors (Lipinski definition) is 0. The second-order valence-electron chi connectivity index (χ2n) is 6.74. The third-order valence-corrected chi connectivity index (χ3v) is 5.38. The smallest absolute Gasteiger partial charge is 0.0139 e. The van der Waals surface area contributed by atoms with Crippen molar-refractivity contribution in [2.24, 2.45) is 0 Å². The Labute approximate surface area is 168 Å². The normalized spacial score (nSPS) is 10.5. The van der Waals surface area contributed by atoms with Gasteiger partial charge in [-0.1, -0.05) is 76.2 Å². The Kier molecular flexibility index (Phi) is 5.99. The molecule has 0 radical (unpaired) electrons. The molecule has 0 aliphatic rings. The molecule has 0 nitrogen and oxygen atoms in total. The molecule has 142 valence electrons. The number of aryl methyl sites for hydroxylation is 2. The number of hydrogen-bond donors (Lipinski definition) is 0. The molecular formula is C28H30. The van der Waals surface area contributed by atoms with Gasteiger partial charge in [-0.3, -0.25) is 0 Å². The maximum Gasteiger partial charge on any atom is -0.0139 e. The first-order valence-corrected chi connectivity index (χ1v) is 10.5. The Balaban J connectivity index is 0.000000531. The highest BCUT2D eigenvalue weighted by molar-refractivity contribution is 6.12. The molecule has 0 unspecified atom stereocenters. The van der Waals surface area contributed by atoms with Crippen molar-refractivity contribution in [2.45, 2.75) is 41.5 Å². The lowest BCUT2D eigenvalue weighted by Gasteiger charge is -2.13. The van der Waals surface area contributed by atoms with E-state index in [2.05, 4.69) is 86.6 Å². The molecule has 5 aromatic carbocycles. The van der Waals surface area contributed by atoms with Gasteiger partial charge >= 0.3 is 0 Å². The van der Waals surface area contributed by atoms with E-state index in [0.29, 0.717) is 0 Å². The van der Waals surface area contributed by atoms with Gasteiger partial charge in [0.25, 0.3) is 0 Å². The van der Waals surface area contributed by atoms with E-state index in [9.17, 15) is 0 Å². The van der Waals surface area contributed by atoms with E-state index in [-0.39, 0.29) is 0 Å². The average molecular weight is 367 g/mol. The van der Waals surface area contributed by atoms with Gasteiger partial charge in [0.05, 0.1) is 0 Å². The lowest BCUT2D eigenvalue weighted by molar-refractivity contribution is 1.50. The molecule has 0 spiro atoms. The Bertz CT molecular complexity index is 1260. The van der Waals surface area contributed by atoms with Crippen LogP contribution in [-0.2, 0) is 0 Å². The molecule has 0 aliphatic carbocycles. The van der Waals surface area contributed by atoms with Gasteiger partial charge in [0.1, 0.15) is 0 Å². The van der Waals surface area contributed by atoms with Crippen molar-refractivity contribution in [2.75, 3.05) is 0 Å². The molecule has 0 bridgehead atoms. The lowest BCUT2D eigenvalue weighted by Crippen LogP contribution is -1.88. The van der Waals surface area contributed by atoms with Crippen molar-refractivity contribution in [1.29, 1.82) is 0 Å². The summed E-state index contributed by atoms with van der Waals surface area (Å²) in [6.45, 7) is 12.5. The zero-order valence-electron chi connectivity index (χ0n) is 17.9. The summed E-state index contributed by atoms with van der Waals surface area (Å²) in [5.74, 6) is 0. The predicted octanol–water partition coefficient (Wildman–Crippen LogP) is 8.97. The molecule has 5 rings (SSSR count). The second kappa shape index (κ2) is 8.44. The van der Waals surface area contributed by atoms with E-state index in [1.807, 2.05) is 27.7 Å². The number of fused-ring (bicyclic) bond motifs is 4. The van der Waals surface area contributed by atoms with E-state index in [0.717, 1.165) is 0 Å². The van der Waals surface area contributed by atoms with Crippen LogP contribution in [0.2, 0.25) is 0 Å². The van der Waals surface area contributed by atoms with Crippen LogP contribution in [0.3, 0.4) is 0 Å². The van der Waals surface area contributed by atoms with Crippen LogP contribution in [0.25, 0.3) is 43.1 Å². The van der Waals surface area contributed by atoms with Gasteiger partial charge in [0.2, 0.25) is 0 Å². The zero-order chi connectivity index (χ0) is 20.3. The van der Waals surface area contributed by atoms with E-state index < -0.39 is 0 Å². The van der Waals surface area contributed by atoms with Crippen molar-refractivity contribution in [3.05, 3.63) is 83.9 Å². The molecule has 0 N–H and O–H groups in total. The van der Waals surface area contributed by atoms with Crippen LogP contribution in [0.5, 0.6) is 0 Å². The number of benzene rings is 5. The Morgan fingerprint density at radius 2 is 0.821 bits per heavy atom. The van der Waals surface area contributed by atoms with Crippen LogP contribution in [0.1, 0.15) is 38.8 Å².